The number of ether oxygens (including phenoxy) is 1. The zero-order valence-electron chi connectivity index (χ0n) is 21.4. The molecule has 3 N–H and O–H groups in total. The van der Waals surface area contributed by atoms with Gasteiger partial charge in [-0.3, -0.25) is 4.79 Å². The summed E-state index contributed by atoms with van der Waals surface area (Å²) >= 11 is 0. The molecule has 3 unspecified atom stereocenters. The first-order chi connectivity index (χ1) is 16.9. The highest BCUT2D eigenvalue weighted by molar-refractivity contribution is 5.90. The molecule has 1 aliphatic carbocycles. The average molecular weight is 501 g/mol. The summed E-state index contributed by atoms with van der Waals surface area (Å²) in [6, 6.07) is 7.45. The van der Waals surface area contributed by atoms with E-state index >= 15 is 0 Å². The molecule has 1 fully saturated rings. The van der Waals surface area contributed by atoms with Gasteiger partial charge in [0.05, 0.1) is 12.0 Å². The third-order valence-corrected chi connectivity index (χ3v) is 7.11. The van der Waals surface area contributed by atoms with Crippen LogP contribution in [-0.2, 0) is 25.5 Å². The molecule has 196 valence electrons. The quantitative estimate of drug-likeness (QED) is 0.407. The van der Waals surface area contributed by atoms with Crippen molar-refractivity contribution < 1.29 is 34.4 Å². The van der Waals surface area contributed by atoms with E-state index in [1.54, 1.807) is 13.8 Å². The minimum absolute atomic E-state index is 0.156. The number of nitrogens with zero attached hydrogens (tertiary/aromatic N) is 2. The lowest BCUT2D eigenvalue weighted by atomic mass is 9.72. The molecule has 2 heterocycles. The number of piperidine rings is 1. The van der Waals surface area contributed by atoms with E-state index in [0.29, 0.717) is 36.7 Å². The van der Waals surface area contributed by atoms with Crippen LogP contribution in [0.1, 0.15) is 57.2 Å². The van der Waals surface area contributed by atoms with Crippen LogP contribution in [-0.4, -0.2) is 74.5 Å². The van der Waals surface area contributed by atoms with Crippen molar-refractivity contribution in [3.8, 4) is 0 Å². The number of carbonyl (C=O) groups is 3. The zero-order chi connectivity index (χ0) is 26.7. The zero-order valence-corrected chi connectivity index (χ0v) is 21.4. The molecule has 0 radical (unpaired) electrons. The standard InChI is InChI=1S/C23H32N2O3.C4H4O4/c1-13(2)25-12-16-10-21-19(18-7-6-8-20(25)22(16)18)9-17(11-24(21)5)23(27)28-15(4)14(3)26;5-3(6)1-2-4(7)8/h6-8,12-15,17,19,21,26H,9-11H2,1-5H3;1-2H,(H,5,6)(H,7,8)/b;2-1-/t14?,15?,17?,19-,21-;/m1./s1. The van der Waals surface area contributed by atoms with Crippen molar-refractivity contribution in [1.82, 2.24) is 9.47 Å². The molecule has 2 aliphatic rings. The number of aliphatic hydroxyl groups excluding tert-OH is 1. The first kappa shape index (κ1) is 27.4. The number of carbonyl (C=O) groups excluding carboxylic acids is 1. The lowest BCUT2D eigenvalue weighted by Gasteiger charge is -2.45. The molecule has 0 spiro atoms. The van der Waals surface area contributed by atoms with Gasteiger partial charge in [0, 0.05) is 53.8 Å². The molecule has 2 aromatic rings. The molecule has 1 aromatic heterocycles. The van der Waals surface area contributed by atoms with Gasteiger partial charge in [0.15, 0.2) is 0 Å². The second kappa shape index (κ2) is 11.3. The monoisotopic (exact) mass is 500 g/mol. The predicted molar refractivity (Wildman–Crippen MR) is 135 cm³/mol. The third-order valence-electron chi connectivity index (χ3n) is 7.11. The topological polar surface area (TPSA) is 129 Å². The molecule has 9 nitrogen and oxygen atoms in total. The number of fused-ring (bicyclic) bond motifs is 2. The van der Waals surface area contributed by atoms with E-state index in [1.165, 1.54) is 22.0 Å². The summed E-state index contributed by atoms with van der Waals surface area (Å²) in [5.74, 6) is -2.52. The lowest BCUT2D eigenvalue weighted by Crippen LogP contribution is -2.50. The molecule has 0 saturated carbocycles. The van der Waals surface area contributed by atoms with E-state index in [-0.39, 0.29) is 11.9 Å². The summed E-state index contributed by atoms with van der Waals surface area (Å²) in [7, 11) is 2.12. The van der Waals surface area contributed by atoms with Crippen LogP contribution in [0.25, 0.3) is 10.9 Å². The number of carboxylic acid groups (broad SMARTS) is 2. The van der Waals surface area contributed by atoms with Crippen molar-refractivity contribution in [2.75, 3.05) is 13.6 Å². The van der Waals surface area contributed by atoms with Gasteiger partial charge >= 0.3 is 17.9 Å². The van der Waals surface area contributed by atoms with Crippen LogP contribution in [0.15, 0.2) is 36.5 Å². The molecule has 36 heavy (non-hydrogen) atoms. The first-order valence-corrected chi connectivity index (χ1v) is 12.3. The Morgan fingerprint density at radius 2 is 1.72 bits per heavy atom. The van der Waals surface area contributed by atoms with E-state index in [9.17, 15) is 19.5 Å². The fourth-order valence-electron chi connectivity index (χ4n) is 5.19. The number of aliphatic hydroxyl groups is 1. The Morgan fingerprint density at radius 3 is 2.28 bits per heavy atom. The lowest BCUT2D eigenvalue weighted by molar-refractivity contribution is -0.160. The molecule has 4 rings (SSSR count). The van der Waals surface area contributed by atoms with Crippen LogP contribution in [0, 0.1) is 5.92 Å². The summed E-state index contributed by atoms with van der Waals surface area (Å²) in [5.41, 5.74) is 4.10. The number of rotatable bonds is 6. The highest BCUT2D eigenvalue weighted by atomic mass is 16.6. The van der Waals surface area contributed by atoms with Gasteiger partial charge in [-0.25, -0.2) is 9.59 Å². The predicted octanol–water partition coefficient (Wildman–Crippen LogP) is 3.21. The number of aliphatic carboxylic acids is 2. The number of hydrogen-bond acceptors (Lipinski definition) is 6. The number of benzene rings is 1. The van der Waals surface area contributed by atoms with Crippen LogP contribution in [0.3, 0.4) is 0 Å². The average Bonchev–Trinajstić information content (AvgIpc) is 3.18. The van der Waals surface area contributed by atoms with Crippen molar-refractivity contribution in [2.45, 2.75) is 70.7 Å². The fraction of sp³-hybridized carbons (Fsp3) is 0.519. The minimum Gasteiger partial charge on any atom is -0.478 e. The van der Waals surface area contributed by atoms with Crippen molar-refractivity contribution in [3.05, 3.63) is 47.7 Å². The largest absolute Gasteiger partial charge is 0.478 e. The first-order valence-electron chi connectivity index (χ1n) is 12.3. The van der Waals surface area contributed by atoms with E-state index in [4.69, 9.17) is 14.9 Å². The van der Waals surface area contributed by atoms with E-state index < -0.39 is 24.1 Å². The van der Waals surface area contributed by atoms with Gasteiger partial charge in [-0.05, 0) is 64.8 Å². The maximum Gasteiger partial charge on any atom is 0.328 e. The number of likely N-dealkylation sites (tertiary alicyclic amines) is 1. The molecule has 5 atom stereocenters. The Kier molecular flexibility index (Phi) is 8.58. The minimum atomic E-state index is -1.26. The van der Waals surface area contributed by atoms with Crippen LogP contribution in [0.2, 0.25) is 0 Å². The summed E-state index contributed by atoms with van der Waals surface area (Å²) in [6.07, 6.45) is 4.15. The van der Waals surface area contributed by atoms with Gasteiger partial charge in [0.2, 0.25) is 0 Å². The SMILES string of the molecule is CC(O)C(C)OC(=O)C1C[C@@H]2c3cccc4c3c(cn4C(C)C)C[C@H]2N(C)C1.O=C(O)/C=C\C(=O)O. The summed E-state index contributed by atoms with van der Waals surface area (Å²) in [4.78, 5) is 34.2. The van der Waals surface area contributed by atoms with Crippen LogP contribution in [0.5, 0.6) is 0 Å². The van der Waals surface area contributed by atoms with Gasteiger partial charge in [-0.1, -0.05) is 12.1 Å². The van der Waals surface area contributed by atoms with Gasteiger partial charge in [0.25, 0.3) is 0 Å². The van der Waals surface area contributed by atoms with Crippen molar-refractivity contribution >= 4 is 28.8 Å². The molecule has 1 aromatic carbocycles. The summed E-state index contributed by atoms with van der Waals surface area (Å²) in [6.45, 7) is 8.57. The highest BCUT2D eigenvalue weighted by Gasteiger charge is 2.42. The van der Waals surface area contributed by atoms with Crippen LogP contribution >= 0.6 is 0 Å². The van der Waals surface area contributed by atoms with Gasteiger partial charge < -0.3 is 29.5 Å². The molecule has 9 heteroatoms. The Morgan fingerprint density at radius 1 is 1.08 bits per heavy atom. The number of esters is 1. The Labute approximate surface area is 211 Å². The summed E-state index contributed by atoms with van der Waals surface area (Å²) in [5, 5.41) is 26.7. The second-order valence-electron chi connectivity index (χ2n) is 10.0. The van der Waals surface area contributed by atoms with Gasteiger partial charge in [0.1, 0.15) is 6.10 Å². The van der Waals surface area contributed by atoms with E-state index in [2.05, 4.69) is 54.8 Å². The maximum absolute atomic E-state index is 12.8. The molecule has 1 saturated heterocycles. The smallest absolute Gasteiger partial charge is 0.328 e. The van der Waals surface area contributed by atoms with Crippen LogP contribution in [0.4, 0.5) is 0 Å². The number of aromatic nitrogens is 1. The molecule has 0 bridgehead atoms. The third kappa shape index (κ3) is 5.96. The Balaban J connectivity index is 0.000000392. The van der Waals surface area contributed by atoms with Crippen molar-refractivity contribution in [1.29, 1.82) is 0 Å². The Hall–Kier alpha value is -3.17. The molecular weight excluding hydrogens is 464 g/mol. The number of hydrogen-bond donors (Lipinski definition) is 3. The maximum atomic E-state index is 12.8. The van der Waals surface area contributed by atoms with Crippen molar-refractivity contribution in [2.24, 2.45) is 5.92 Å². The summed E-state index contributed by atoms with van der Waals surface area (Å²) < 4.78 is 7.91. The van der Waals surface area contributed by atoms with E-state index in [1.807, 2.05) is 0 Å². The fourth-order valence-corrected chi connectivity index (χ4v) is 5.19. The second-order valence-corrected chi connectivity index (χ2v) is 10.0. The van der Waals surface area contributed by atoms with E-state index in [0.717, 1.165) is 12.8 Å². The number of carboxylic acids is 2. The number of likely N-dealkylation sites (N-methyl/N-ethyl adjacent to an activating group) is 1. The van der Waals surface area contributed by atoms with Gasteiger partial charge in [-0.15, -0.1) is 0 Å². The molecule has 1 aliphatic heterocycles. The molecule has 0 amide bonds. The Bertz CT molecular complexity index is 1130. The van der Waals surface area contributed by atoms with Crippen molar-refractivity contribution in [3.63, 3.8) is 0 Å². The van der Waals surface area contributed by atoms with Gasteiger partial charge in [-0.2, -0.15) is 0 Å². The molecular formula is C27H36N2O7. The highest BCUT2D eigenvalue weighted by Crippen LogP contribution is 2.45. The van der Waals surface area contributed by atoms with Crippen LogP contribution < -0.4 is 0 Å². The normalized spacial score (nSPS) is 23.0.